The number of ether oxygens (including phenoxy) is 1. The number of aliphatic hydroxyl groups is 1. The van der Waals surface area contributed by atoms with Crippen LogP contribution in [0.1, 0.15) is 40.5 Å². The van der Waals surface area contributed by atoms with Gasteiger partial charge in [0.1, 0.15) is 0 Å². The number of rotatable bonds is 3. The quantitative estimate of drug-likeness (QED) is 0.766. The predicted molar refractivity (Wildman–Crippen MR) is 69.7 cm³/mol. The molecule has 0 aromatic rings. The van der Waals surface area contributed by atoms with Crippen molar-refractivity contribution in [2.24, 2.45) is 23.2 Å². The van der Waals surface area contributed by atoms with E-state index >= 15 is 0 Å². The van der Waals surface area contributed by atoms with Gasteiger partial charge < -0.3 is 9.84 Å². The zero-order valence-corrected chi connectivity index (χ0v) is 11.6. The Hall–Kier alpha value is -0.340. The molecular weight excluding hydrogens is 212 g/mol. The molecule has 2 rings (SSSR count). The third kappa shape index (κ3) is 1.86. The van der Waals surface area contributed by atoms with E-state index in [9.17, 15) is 5.11 Å². The monoisotopic (exact) mass is 238 g/mol. The minimum Gasteiger partial charge on any atom is -0.396 e. The fourth-order valence-electron chi connectivity index (χ4n) is 3.96. The third-order valence-electron chi connectivity index (χ3n) is 5.23. The van der Waals surface area contributed by atoms with Gasteiger partial charge in [-0.15, -0.1) is 0 Å². The number of allylic oxidation sites excluding steroid dienone is 1. The summed E-state index contributed by atoms with van der Waals surface area (Å²) in [6, 6.07) is 0. The SMILES string of the molecule is CCC[C@@H]1OC[C@@]2(CO)[C@H](C)C=C(C)[C@H]1[C@@H]2C. The summed E-state index contributed by atoms with van der Waals surface area (Å²) in [5, 5.41) is 9.83. The number of aliphatic hydroxyl groups excluding tert-OH is 1. The molecule has 0 radical (unpaired) electrons. The topological polar surface area (TPSA) is 29.5 Å². The lowest BCUT2D eigenvalue weighted by Gasteiger charge is -2.55. The summed E-state index contributed by atoms with van der Waals surface area (Å²) in [7, 11) is 0. The average molecular weight is 238 g/mol. The molecule has 1 fully saturated rings. The van der Waals surface area contributed by atoms with Gasteiger partial charge in [-0.05, 0) is 25.2 Å². The van der Waals surface area contributed by atoms with E-state index in [0.29, 0.717) is 23.9 Å². The van der Waals surface area contributed by atoms with E-state index in [2.05, 4.69) is 33.8 Å². The van der Waals surface area contributed by atoms with Crippen molar-refractivity contribution in [3.8, 4) is 0 Å². The van der Waals surface area contributed by atoms with Gasteiger partial charge in [-0.2, -0.15) is 0 Å². The highest BCUT2D eigenvalue weighted by Gasteiger charge is 2.52. The van der Waals surface area contributed by atoms with E-state index in [4.69, 9.17) is 4.74 Å². The molecule has 2 aliphatic rings. The Labute approximate surface area is 105 Å². The zero-order chi connectivity index (χ0) is 12.6. The first-order chi connectivity index (χ1) is 8.06. The molecule has 2 heteroatoms. The second-order valence-corrected chi connectivity index (χ2v) is 6.04. The lowest BCUT2D eigenvalue weighted by Crippen LogP contribution is -2.56. The summed E-state index contributed by atoms with van der Waals surface area (Å²) in [6.07, 6.45) is 5.03. The van der Waals surface area contributed by atoms with Crippen LogP contribution in [-0.2, 0) is 4.74 Å². The molecule has 1 heterocycles. The lowest BCUT2D eigenvalue weighted by atomic mass is 9.56. The first-order valence-electron chi connectivity index (χ1n) is 6.97. The van der Waals surface area contributed by atoms with E-state index in [1.807, 2.05) is 0 Å². The Morgan fingerprint density at radius 1 is 1.47 bits per heavy atom. The van der Waals surface area contributed by atoms with Crippen molar-refractivity contribution in [2.45, 2.75) is 46.6 Å². The summed E-state index contributed by atoms with van der Waals surface area (Å²) in [6.45, 7) is 9.93. The Balaban J connectivity index is 2.34. The maximum absolute atomic E-state index is 9.83. The van der Waals surface area contributed by atoms with Crippen LogP contribution in [0.5, 0.6) is 0 Å². The molecule has 1 aliphatic heterocycles. The molecule has 0 amide bonds. The van der Waals surface area contributed by atoms with Gasteiger partial charge in [0, 0.05) is 11.3 Å². The number of hydrogen-bond donors (Lipinski definition) is 1. The molecule has 1 N–H and O–H groups in total. The molecule has 98 valence electrons. The zero-order valence-electron chi connectivity index (χ0n) is 11.6. The van der Waals surface area contributed by atoms with E-state index < -0.39 is 0 Å². The fraction of sp³-hybridized carbons (Fsp3) is 0.867. The first kappa shape index (κ1) is 13.1. The van der Waals surface area contributed by atoms with Gasteiger partial charge in [-0.25, -0.2) is 0 Å². The molecule has 17 heavy (non-hydrogen) atoms. The maximum atomic E-state index is 9.83. The number of hydrogen-bond acceptors (Lipinski definition) is 2. The van der Waals surface area contributed by atoms with Gasteiger partial charge in [-0.1, -0.05) is 38.8 Å². The lowest BCUT2D eigenvalue weighted by molar-refractivity contribution is -0.164. The van der Waals surface area contributed by atoms with Crippen LogP contribution < -0.4 is 0 Å². The smallest absolute Gasteiger partial charge is 0.0643 e. The minimum atomic E-state index is -0.0472. The summed E-state index contributed by atoms with van der Waals surface area (Å²) in [4.78, 5) is 0. The molecule has 0 aromatic carbocycles. The predicted octanol–water partition coefficient (Wildman–Crippen LogP) is 3.01. The van der Waals surface area contributed by atoms with Gasteiger partial charge in [0.15, 0.2) is 0 Å². The third-order valence-corrected chi connectivity index (χ3v) is 5.23. The van der Waals surface area contributed by atoms with Crippen LogP contribution in [0.3, 0.4) is 0 Å². The van der Waals surface area contributed by atoms with Crippen LogP contribution in [0.25, 0.3) is 0 Å². The van der Waals surface area contributed by atoms with Gasteiger partial charge in [0.2, 0.25) is 0 Å². The maximum Gasteiger partial charge on any atom is 0.0643 e. The van der Waals surface area contributed by atoms with Crippen molar-refractivity contribution >= 4 is 0 Å². The molecular formula is C15H26O2. The molecule has 0 spiro atoms. The number of fused-ring (bicyclic) bond motifs is 2. The minimum absolute atomic E-state index is 0.0472. The molecule has 1 aliphatic carbocycles. The highest BCUT2D eigenvalue weighted by Crippen LogP contribution is 2.52. The molecule has 0 saturated carbocycles. The Bertz CT molecular complexity index is 310. The van der Waals surface area contributed by atoms with Crippen molar-refractivity contribution in [1.29, 1.82) is 0 Å². The second kappa shape index (κ2) is 4.74. The highest BCUT2D eigenvalue weighted by atomic mass is 16.5. The standard InChI is InChI=1S/C15H26O2/c1-5-6-13-14-10(2)7-11(3)15(8-16,9-17-13)12(14)4/h7,11-14,16H,5-6,8-9H2,1-4H3/t11-,12+,13+,14+,15+/m1/s1. The van der Waals surface area contributed by atoms with Crippen molar-refractivity contribution < 1.29 is 9.84 Å². The van der Waals surface area contributed by atoms with Crippen molar-refractivity contribution in [3.05, 3.63) is 11.6 Å². The fourth-order valence-corrected chi connectivity index (χ4v) is 3.96. The van der Waals surface area contributed by atoms with Gasteiger partial charge in [0.05, 0.1) is 19.3 Å². The van der Waals surface area contributed by atoms with Crippen LogP contribution in [0, 0.1) is 23.2 Å². The van der Waals surface area contributed by atoms with Crippen LogP contribution in [0.2, 0.25) is 0 Å². The van der Waals surface area contributed by atoms with Crippen molar-refractivity contribution in [2.75, 3.05) is 13.2 Å². The summed E-state index contributed by atoms with van der Waals surface area (Å²) >= 11 is 0. The highest BCUT2D eigenvalue weighted by molar-refractivity contribution is 5.20. The second-order valence-electron chi connectivity index (χ2n) is 6.04. The summed E-state index contributed by atoms with van der Waals surface area (Å²) in [5.74, 6) is 1.45. The molecule has 1 saturated heterocycles. The van der Waals surface area contributed by atoms with Crippen LogP contribution in [0.4, 0.5) is 0 Å². The average Bonchev–Trinajstić information content (AvgIpc) is 2.28. The van der Waals surface area contributed by atoms with Crippen LogP contribution >= 0.6 is 0 Å². The normalized spacial score (nSPS) is 45.6. The Morgan fingerprint density at radius 2 is 2.18 bits per heavy atom. The molecule has 5 atom stereocenters. The van der Waals surface area contributed by atoms with Crippen molar-refractivity contribution in [3.63, 3.8) is 0 Å². The molecule has 2 nitrogen and oxygen atoms in total. The van der Waals surface area contributed by atoms with E-state index in [1.165, 1.54) is 12.0 Å². The van der Waals surface area contributed by atoms with Gasteiger partial charge >= 0.3 is 0 Å². The first-order valence-corrected chi connectivity index (χ1v) is 6.97. The van der Waals surface area contributed by atoms with Gasteiger partial charge in [-0.3, -0.25) is 0 Å². The Morgan fingerprint density at radius 3 is 2.76 bits per heavy atom. The van der Waals surface area contributed by atoms with Crippen LogP contribution in [0.15, 0.2) is 11.6 Å². The van der Waals surface area contributed by atoms with Crippen LogP contribution in [-0.4, -0.2) is 24.4 Å². The largest absolute Gasteiger partial charge is 0.396 e. The molecule has 0 aromatic heterocycles. The summed E-state index contributed by atoms with van der Waals surface area (Å²) in [5.41, 5.74) is 1.42. The van der Waals surface area contributed by atoms with Gasteiger partial charge in [0.25, 0.3) is 0 Å². The van der Waals surface area contributed by atoms with E-state index in [0.717, 1.165) is 13.0 Å². The molecule has 0 unspecified atom stereocenters. The molecule has 2 bridgehead atoms. The Kier molecular flexibility index (Phi) is 3.65. The van der Waals surface area contributed by atoms with Crippen molar-refractivity contribution in [1.82, 2.24) is 0 Å². The van der Waals surface area contributed by atoms with E-state index in [-0.39, 0.29) is 12.0 Å². The van der Waals surface area contributed by atoms with E-state index in [1.54, 1.807) is 0 Å². The summed E-state index contributed by atoms with van der Waals surface area (Å²) < 4.78 is 6.09.